The lowest BCUT2D eigenvalue weighted by atomic mass is 10.1. The second-order valence-electron chi connectivity index (χ2n) is 3.86. The smallest absolute Gasteiger partial charge is 0.244 e. The molecule has 1 heterocycles. The third-order valence-electron chi connectivity index (χ3n) is 2.68. The average Bonchev–Trinajstić information content (AvgIpc) is 2.87. The second-order valence-corrected chi connectivity index (χ2v) is 5.13. The summed E-state index contributed by atoms with van der Waals surface area (Å²) in [5, 5.41) is 13.8. The van der Waals surface area contributed by atoms with Gasteiger partial charge in [0.1, 0.15) is 0 Å². The van der Waals surface area contributed by atoms with Crippen molar-refractivity contribution in [2.75, 3.05) is 6.26 Å². The van der Waals surface area contributed by atoms with Crippen LogP contribution in [0, 0.1) is 0 Å². The predicted octanol–water partition coefficient (Wildman–Crippen LogP) is 1.55. The van der Waals surface area contributed by atoms with Crippen molar-refractivity contribution in [2.24, 2.45) is 0 Å². The van der Waals surface area contributed by atoms with E-state index in [1.807, 2.05) is 42.5 Å². The maximum atomic E-state index is 11.5. The summed E-state index contributed by atoms with van der Waals surface area (Å²) in [4.78, 5) is 0. The van der Waals surface area contributed by atoms with Gasteiger partial charge in [-0.1, -0.05) is 35.4 Å². The highest BCUT2D eigenvalue weighted by molar-refractivity contribution is 7.84. The highest BCUT2D eigenvalue weighted by atomic mass is 32.2. The van der Waals surface area contributed by atoms with Gasteiger partial charge < -0.3 is 0 Å². The number of tetrazole rings is 1. The molecule has 0 aliphatic heterocycles. The van der Waals surface area contributed by atoms with Gasteiger partial charge in [0.25, 0.3) is 0 Å². The number of fused-ring (bicyclic) bond motifs is 1. The number of nitrogens with zero attached hydrogens (tertiary/aromatic N) is 4. The minimum Gasteiger partial charge on any atom is -0.251 e. The molecule has 90 valence electrons. The molecule has 0 bridgehead atoms. The molecule has 0 radical (unpaired) electrons. The molecule has 18 heavy (non-hydrogen) atoms. The Kier molecular flexibility index (Phi) is 2.64. The summed E-state index contributed by atoms with van der Waals surface area (Å²) in [6.45, 7) is 0. The van der Waals surface area contributed by atoms with Gasteiger partial charge in [-0.25, -0.2) is 0 Å². The molecule has 0 spiro atoms. The first-order valence-corrected chi connectivity index (χ1v) is 6.92. The third-order valence-corrected chi connectivity index (χ3v) is 3.44. The quantitative estimate of drug-likeness (QED) is 0.699. The number of aromatic nitrogens is 4. The van der Waals surface area contributed by atoms with Crippen LogP contribution in [0.1, 0.15) is 0 Å². The Morgan fingerprint density at radius 2 is 1.89 bits per heavy atom. The summed E-state index contributed by atoms with van der Waals surface area (Å²) in [5.74, 6) is 0. The molecular weight excluding hydrogens is 248 g/mol. The van der Waals surface area contributed by atoms with E-state index in [-0.39, 0.29) is 0 Å². The highest BCUT2D eigenvalue weighted by Crippen LogP contribution is 2.18. The molecule has 3 aromatic rings. The predicted molar refractivity (Wildman–Crippen MR) is 69.0 cm³/mol. The molecule has 5 nitrogen and oxygen atoms in total. The van der Waals surface area contributed by atoms with Crippen LogP contribution in [0.4, 0.5) is 0 Å². The fourth-order valence-electron chi connectivity index (χ4n) is 1.83. The number of hydrogen-bond donors (Lipinski definition) is 0. The first-order chi connectivity index (χ1) is 8.75. The molecule has 0 fully saturated rings. The van der Waals surface area contributed by atoms with E-state index in [2.05, 4.69) is 15.5 Å². The zero-order chi connectivity index (χ0) is 12.5. The van der Waals surface area contributed by atoms with Crippen LogP contribution < -0.4 is 0 Å². The van der Waals surface area contributed by atoms with Crippen molar-refractivity contribution >= 4 is 21.6 Å². The fraction of sp³-hybridized carbons (Fsp3) is 0.0833. The summed E-state index contributed by atoms with van der Waals surface area (Å²) < 4.78 is 13.0. The van der Waals surface area contributed by atoms with Crippen LogP contribution in [-0.2, 0) is 10.8 Å². The monoisotopic (exact) mass is 258 g/mol. The summed E-state index contributed by atoms with van der Waals surface area (Å²) in [5.41, 5.74) is 0.809. The summed E-state index contributed by atoms with van der Waals surface area (Å²) in [6.07, 6.45) is 1.56. The van der Waals surface area contributed by atoms with Crippen LogP contribution in [0.25, 0.3) is 16.5 Å². The lowest BCUT2D eigenvalue weighted by Gasteiger charge is -2.04. The number of benzene rings is 2. The maximum Gasteiger partial charge on any atom is 0.244 e. The molecule has 0 aliphatic carbocycles. The molecule has 0 saturated carbocycles. The third kappa shape index (κ3) is 1.80. The minimum absolute atomic E-state index is 0.352. The Morgan fingerprint density at radius 1 is 1.11 bits per heavy atom. The second kappa shape index (κ2) is 4.30. The molecule has 6 heteroatoms. The summed E-state index contributed by atoms with van der Waals surface area (Å²) >= 11 is 0. The van der Waals surface area contributed by atoms with E-state index in [0.29, 0.717) is 5.16 Å². The molecule has 0 amide bonds. The summed E-state index contributed by atoms with van der Waals surface area (Å²) in [7, 11) is -1.22. The van der Waals surface area contributed by atoms with Crippen LogP contribution in [-0.4, -0.2) is 30.7 Å². The van der Waals surface area contributed by atoms with Crippen molar-refractivity contribution in [3.63, 3.8) is 0 Å². The van der Waals surface area contributed by atoms with E-state index < -0.39 is 10.8 Å². The van der Waals surface area contributed by atoms with Crippen molar-refractivity contribution in [3.8, 4) is 5.69 Å². The highest BCUT2D eigenvalue weighted by Gasteiger charge is 2.11. The van der Waals surface area contributed by atoms with Gasteiger partial charge >= 0.3 is 0 Å². The molecule has 0 N–H and O–H groups in total. The molecule has 3 rings (SSSR count). The first-order valence-electron chi connectivity index (χ1n) is 5.37. The van der Waals surface area contributed by atoms with Crippen LogP contribution in [0.5, 0.6) is 0 Å². The summed E-state index contributed by atoms with van der Waals surface area (Å²) in [6, 6.07) is 13.9. The Bertz CT molecular complexity index is 738. The lowest BCUT2D eigenvalue weighted by molar-refractivity contribution is 0.670. The maximum absolute atomic E-state index is 11.5. The molecule has 0 saturated heterocycles. The average molecular weight is 258 g/mol. The first kappa shape index (κ1) is 11.0. The van der Waals surface area contributed by atoms with Gasteiger partial charge in [0.15, 0.2) is 0 Å². The van der Waals surface area contributed by atoms with Crippen LogP contribution in [0.2, 0.25) is 0 Å². The van der Waals surface area contributed by atoms with Gasteiger partial charge in [0, 0.05) is 6.26 Å². The zero-order valence-electron chi connectivity index (χ0n) is 9.65. The van der Waals surface area contributed by atoms with Crippen LogP contribution in [0.15, 0.2) is 47.6 Å². The standard InChI is InChI=1S/C12H10N4OS/c1-18(17)12-13-14-15-16(12)11-7-6-9-4-2-3-5-10(9)8-11/h2-8H,1H3. The Labute approximate surface area is 106 Å². The van der Waals surface area contributed by atoms with Crippen molar-refractivity contribution < 1.29 is 4.21 Å². The topological polar surface area (TPSA) is 60.7 Å². The Morgan fingerprint density at radius 3 is 2.67 bits per heavy atom. The molecule has 1 atom stereocenters. The zero-order valence-corrected chi connectivity index (χ0v) is 10.5. The molecule has 2 aromatic carbocycles. The normalized spacial score (nSPS) is 12.7. The van der Waals surface area contributed by atoms with E-state index in [0.717, 1.165) is 16.5 Å². The van der Waals surface area contributed by atoms with Gasteiger partial charge in [0.2, 0.25) is 5.16 Å². The van der Waals surface area contributed by atoms with Gasteiger partial charge in [-0.2, -0.15) is 4.68 Å². The molecule has 1 aromatic heterocycles. The van der Waals surface area contributed by atoms with Gasteiger partial charge in [-0.15, -0.1) is 0 Å². The number of rotatable bonds is 2. The van der Waals surface area contributed by atoms with E-state index in [9.17, 15) is 4.21 Å². The van der Waals surface area contributed by atoms with Gasteiger partial charge in [-0.05, 0) is 33.3 Å². The van der Waals surface area contributed by atoms with E-state index in [1.54, 1.807) is 6.26 Å². The van der Waals surface area contributed by atoms with Gasteiger partial charge in [-0.3, -0.25) is 4.21 Å². The van der Waals surface area contributed by atoms with E-state index >= 15 is 0 Å². The molecular formula is C12H10N4OS. The number of hydrogen-bond acceptors (Lipinski definition) is 4. The fourth-order valence-corrected chi connectivity index (χ4v) is 2.37. The minimum atomic E-state index is -1.22. The van der Waals surface area contributed by atoms with Crippen molar-refractivity contribution in [2.45, 2.75) is 5.16 Å². The van der Waals surface area contributed by atoms with Crippen molar-refractivity contribution in [1.82, 2.24) is 20.2 Å². The van der Waals surface area contributed by atoms with Crippen LogP contribution >= 0.6 is 0 Å². The van der Waals surface area contributed by atoms with Crippen molar-refractivity contribution in [1.29, 1.82) is 0 Å². The van der Waals surface area contributed by atoms with Gasteiger partial charge in [0.05, 0.1) is 16.5 Å². The lowest BCUT2D eigenvalue weighted by Crippen LogP contribution is -2.04. The SMILES string of the molecule is CS(=O)c1nnnn1-c1ccc2ccccc2c1. The van der Waals surface area contributed by atoms with Crippen LogP contribution in [0.3, 0.4) is 0 Å². The Hall–Kier alpha value is -2.08. The van der Waals surface area contributed by atoms with E-state index in [1.165, 1.54) is 4.68 Å². The molecule has 0 aliphatic rings. The molecule has 1 unspecified atom stereocenters. The Balaban J connectivity index is 2.19. The largest absolute Gasteiger partial charge is 0.251 e. The van der Waals surface area contributed by atoms with Crippen molar-refractivity contribution in [3.05, 3.63) is 42.5 Å². The van der Waals surface area contributed by atoms with E-state index in [4.69, 9.17) is 0 Å².